The molecule has 154 valence electrons. The monoisotopic (exact) mass is 412 g/mol. The van der Waals surface area contributed by atoms with E-state index in [-0.39, 0.29) is 6.04 Å². The zero-order chi connectivity index (χ0) is 20.3. The Hall–Kier alpha value is -2.18. The maximum absolute atomic E-state index is 10.2. The van der Waals surface area contributed by atoms with Crippen molar-refractivity contribution < 1.29 is 25.2 Å². The van der Waals surface area contributed by atoms with Crippen molar-refractivity contribution in [2.75, 3.05) is 11.1 Å². The molecule has 0 aromatic carbocycles. The first-order valence-corrected chi connectivity index (χ1v) is 10.2. The third kappa shape index (κ3) is 4.80. The standard InChI is InChI=1S/C15H22N6O2S.CH2O3/c1-2-7-24-15-17-13(16-8-3-4-8)11-14(18-15)21(20-19-11)9-5-6-10(22)12(9)23;2-1(3)4/h8-10,12,22-23H,2-7H2,1H3,(H,16,17,18);(H2,2,3,4)/t9-,10-,12+;/m1./s1. The number of aliphatic hydroxyl groups excluding tert-OH is 2. The van der Waals surface area contributed by atoms with E-state index in [0.717, 1.165) is 30.8 Å². The van der Waals surface area contributed by atoms with E-state index in [2.05, 4.69) is 32.5 Å². The number of hydrogen-bond acceptors (Lipinski definition) is 9. The van der Waals surface area contributed by atoms with Gasteiger partial charge in [-0.1, -0.05) is 23.9 Å². The Balaban J connectivity index is 0.000000516. The van der Waals surface area contributed by atoms with Crippen molar-refractivity contribution >= 4 is 34.9 Å². The second kappa shape index (κ2) is 8.88. The molecule has 2 saturated carbocycles. The highest BCUT2D eigenvalue weighted by atomic mass is 32.2. The molecule has 2 aliphatic rings. The quantitative estimate of drug-likeness (QED) is 0.345. The van der Waals surface area contributed by atoms with Crippen molar-refractivity contribution in [3.8, 4) is 0 Å². The SMILES string of the molecule is CCCSc1nc(NC2CC2)c2nnn([C@@H]3CC[C@@H](O)[C@H]3O)c2n1.O=C(O)O. The number of nitrogens with one attached hydrogen (secondary N) is 1. The van der Waals surface area contributed by atoms with Gasteiger partial charge in [-0.3, -0.25) is 0 Å². The summed E-state index contributed by atoms with van der Waals surface area (Å²) in [7, 11) is 0. The normalized spacial score (nSPS) is 24.0. The third-order valence-electron chi connectivity index (χ3n) is 4.52. The smallest absolute Gasteiger partial charge is 0.450 e. The summed E-state index contributed by atoms with van der Waals surface area (Å²) in [6.45, 7) is 2.12. The van der Waals surface area contributed by atoms with E-state index in [1.54, 1.807) is 16.4 Å². The topological polar surface area (TPSA) is 167 Å². The van der Waals surface area contributed by atoms with Gasteiger partial charge in [0.25, 0.3) is 0 Å². The molecule has 0 spiro atoms. The van der Waals surface area contributed by atoms with Crippen molar-refractivity contribution in [2.24, 2.45) is 0 Å². The second-order valence-corrected chi connectivity index (χ2v) is 7.88. The van der Waals surface area contributed by atoms with Crippen LogP contribution in [-0.2, 0) is 0 Å². The van der Waals surface area contributed by atoms with Crippen molar-refractivity contribution in [3.63, 3.8) is 0 Å². The average Bonchev–Trinajstić information content (AvgIpc) is 3.27. The van der Waals surface area contributed by atoms with Crippen LogP contribution in [0.25, 0.3) is 11.2 Å². The number of aliphatic hydroxyl groups is 2. The van der Waals surface area contributed by atoms with Gasteiger partial charge in [-0.2, -0.15) is 0 Å². The fourth-order valence-electron chi connectivity index (χ4n) is 3.02. The number of carboxylic acid groups (broad SMARTS) is 2. The maximum atomic E-state index is 10.2. The Morgan fingerprint density at radius 1 is 1.21 bits per heavy atom. The van der Waals surface area contributed by atoms with Gasteiger partial charge in [0.15, 0.2) is 22.1 Å². The zero-order valence-electron chi connectivity index (χ0n) is 15.4. The Morgan fingerprint density at radius 2 is 1.93 bits per heavy atom. The van der Waals surface area contributed by atoms with Gasteiger partial charge in [-0.15, -0.1) is 5.10 Å². The summed E-state index contributed by atoms with van der Waals surface area (Å²) in [4.78, 5) is 17.8. The van der Waals surface area contributed by atoms with Crippen molar-refractivity contribution in [3.05, 3.63) is 0 Å². The molecular formula is C16H24N6O5S. The highest BCUT2D eigenvalue weighted by molar-refractivity contribution is 7.99. The number of aromatic nitrogens is 5. The van der Waals surface area contributed by atoms with Gasteiger partial charge in [-0.05, 0) is 32.1 Å². The van der Waals surface area contributed by atoms with Gasteiger partial charge >= 0.3 is 6.16 Å². The van der Waals surface area contributed by atoms with Crippen molar-refractivity contribution in [1.29, 1.82) is 0 Å². The average molecular weight is 412 g/mol. The summed E-state index contributed by atoms with van der Waals surface area (Å²) in [5.74, 6) is 1.67. The minimum atomic E-state index is -1.83. The van der Waals surface area contributed by atoms with Crippen LogP contribution in [0, 0.1) is 0 Å². The predicted octanol–water partition coefficient (Wildman–Crippen LogP) is 1.58. The van der Waals surface area contributed by atoms with Crippen LogP contribution in [0.2, 0.25) is 0 Å². The van der Waals surface area contributed by atoms with E-state index >= 15 is 0 Å². The molecule has 11 nitrogen and oxygen atoms in total. The number of fused-ring (bicyclic) bond motifs is 1. The van der Waals surface area contributed by atoms with Crippen LogP contribution in [0.3, 0.4) is 0 Å². The van der Waals surface area contributed by atoms with Crippen LogP contribution in [0.1, 0.15) is 45.1 Å². The van der Waals surface area contributed by atoms with Crippen molar-refractivity contribution in [1.82, 2.24) is 25.0 Å². The molecule has 0 radical (unpaired) electrons. The molecule has 5 N–H and O–H groups in total. The molecule has 0 amide bonds. The third-order valence-corrected chi connectivity index (χ3v) is 5.57. The van der Waals surface area contributed by atoms with Gasteiger partial charge in [0.2, 0.25) is 0 Å². The second-order valence-electron chi connectivity index (χ2n) is 6.81. The van der Waals surface area contributed by atoms with E-state index in [1.807, 2.05) is 0 Å². The molecule has 4 rings (SSSR count). The predicted molar refractivity (Wildman–Crippen MR) is 102 cm³/mol. The number of carbonyl (C=O) groups is 1. The van der Waals surface area contributed by atoms with E-state index in [9.17, 15) is 10.2 Å². The zero-order valence-corrected chi connectivity index (χ0v) is 16.2. The van der Waals surface area contributed by atoms with Gasteiger partial charge in [0, 0.05) is 11.8 Å². The Bertz CT molecular complexity index is 825. The first-order chi connectivity index (χ1) is 13.4. The number of anilines is 1. The molecule has 2 heterocycles. The van der Waals surface area contributed by atoms with Crippen LogP contribution >= 0.6 is 11.8 Å². The van der Waals surface area contributed by atoms with E-state index < -0.39 is 18.4 Å². The maximum Gasteiger partial charge on any atom is 0.503 e. The van der Waals surface area contributed by atoms with Gasteiger partial charge < -0.3 is 25.7 Å². The van der Waals surface area contributed by atoms with Crippen LogP contribution in [0.4, 0.5) is 10.6 Å². The molecule has 2 aromatic heterocycles. The molecule has 0 aliphatic heterocycles. The summed E-state index contributed by atoms with van der Waals surface area (Å²) < 4.78 is 1.66. The van der Waals surface area contributed by atoms with Gasteiger partial charge in [-0.25, -0.2) is 19.4 Å². The summed E-state index contributed by atoms with van der Waals surface area (Å²) in [6.07, 6.45) is 1.17. The fourth-order valence-corrected chi connectivity index (χ4v) is 3.71. The first kappa shape index (κ1) is 20.6. The summed E-state index contributed by atoms with van der Waals surface area (Å²) in [6, 6.07) is 0.161. The molecule has 2 fully saturated rings. The lowest BCUT2D eigenvalue weighted by Crippen LogP contribution is -2.28. The largest absolute Gasteiger partial charge is 0.503 e. The Kier molecular flexibility index (Phi) is 6.52. The van der Waals surface area contributed by atoms with Crippen LogP contribution in [0.15, 0.2) is 5.16 Å². The summed E-state index contributed by atoms with van der Waals surface area (Å²) in [5, 5.41) is 46.6. The minimum absolute atomic E-state index is 0.294. The number of nitrogens with zero attached hydrogens (tertiary/aromatic N) is 5. The molecule has 0 saturated heterocycles. The molecule has 3 atom stereocenters. The van der Waals surface area contributed by atoms with E-state index in [4.69, 9.17) is 15.0 Å². The number of thioether (sulfide) groups is 1. The Morgan fingerprint density at radius 3 is 2.50 bits per heavy atom. The fraction of sp³-hybridized carbons (Fsp3) is 0.688. The summed E-state index contributed by atoms with van der Waals surface area (Å²) in [5.41, 5.74) is 1.27. The Labute approximate surface area is 165 Å². The molecule has 0 bridgehead atoms. The molecule has 0 unspecified atom stereocenters. The van der Waals surface area contributed by atoms with Crippen LogP contribution in [-0.4, -0.2) is 75.5 Å². The lowest BCUT2D eigenvalue weighted by molar-refractivity contribution is 0.0215. The molecular weight excluding hydrogens is 388 g/mol. The highest BCUT2D eigenvalue weighted by Gasteiger charge is 2.37. The molecule has 2 aromatic rings. The van der Waals surface area contributed by atoms with Gasteiger partial charge in [0.1, 0.15) is 6.10 Å². The molecule has 2 aliphatic carbocycles. The van der Waals surface area contributed by atoms with Crippen molar-refractivity contribution in [2.45, 2.75) is 68.5 Å². The van der Waals surface area contributed by atoms with E-state index in [0.29, 0.717) is 35.2 Å². The molecule has 12 heteroatoms. The minimum Gasteiger partial charge on any atom is -0.450 e. The first-order valence-electron chi connectivity index (χ1n) is 9.21. The van der Waals surface area contributed by atoms with Gasteiger partial charge in [0.05, 0.1) is 12.1 Å². The van der Waals surface area contributed by atoms with Crippen LogP contribution < -0.4 is 5.32 Å². The molecule has 28 heavy (non-hydrogen) atoms. The lowest BCUT2D eigenvalue weighted by atomic mass is 10.2. The number of rotatable bonds is 6. The van der Waals surface area contributed by atoms with Crippen LogP contribution in [0.5, 0.6) is 0 Å². The lowest BCUT2D eigenvalue weighted by Gasteiger charge is -2.16. The summed E-state index contributed by atoms with van der Waals surface area (Å²) >= 11 is 1.61. The van der Waals surface area contributed by atoms with E-state index in [1.165, 1.54) is 0 Å². The highest BCUT2D eigenvalue weighted by Crippen LogP contribution is 2.34. The number of hydrogen-bond donors (Lipinski definition) is 5.